The van der Waals surface area contributed by atoms with Crippen molar-refractivity contribution < 1.29 is 0 Å². The Morgan fingerprint density at radius 2 is 1.89 bits per heavy atom. The van der Waals surface area contributed by atoms with E-state index in [2.05, 4.69) is 26.8 Å². The number of nitrogens with zero attached hydrogens (tertiary/aromatic N) is 4. The number of likely N-dealkylation sites (tertiary alicyclic amines) is 1. The Balaban J connectivity index is 2.01. The fourth-order valence-corrected chi connectivity index (χ4v) is 2.40. The van der Waals surface area contributed by atoms with E-state index in [1.54, 1.807) is 0 Å². The van der Waals surface area contributed by atoms with Crippen molar-refractivity contribution in [1.29, 1.82) is 0 Å². The number of nitrogen functional groups attached to an aromatic ring is 2. The van der Waals surface area contributed by atoms with Gasteiger partial charge >= 0.3 is 0 Å². The summed E-state index contributed by atoms with van der Waals surface area (Å²) < 4.78 is 0. The van der Waals surface area contributed by atoms with Crippen molar-refractivity contribution in [3.63, 3.8) is 0 Å². The summed E-state index contributed by atoms with van der Waals surface area (Å²) in [5.74, 6) is 2.21. The molecule has 1 aliphatic heterocycles. The Bertz CT molecular complexity index is 388. The molecule has 1 saturated heterocycles. The predicted molar refractivity (Wildman–Crippen MR) is 70.3 cm³/mol. The second-order valence-corrected chi connectivity index (χ2v) is 4.96. The fourth-order valence-electron chi connectivity index (χ4n) is 2.40. The maximum atomic E-state index is 5.79. The third kappa shape index (κ3) is 3.05. The Kier molecular flexibility index (Phi) is 3.93. The minimum Gasteiger partial charge on any atom is -0.368 e. The summed E-state index contributed by atoms with van der Waals surface area (Å²) >= 11 is 0. The quantitative estimate of drug-likeness (QED) is 0.659. The van der Waals surface area contributed by atoms with Crippen LogP contribution in [0.1, 0.15) is 19.2 Å². The highest BCUT2D eigenvalue weighted by Crippen LogP contribution is 2.23. The van der Waals surface area contributed by atoms with Crippen LogP contribution in [0.2, 0.25) is 0 Å². The molecule has 2 unspecified atom stereocenters. The summed E-state index contributed by atoms with van der Waals surface area (Å²) in [6.07, 6.45) is 1.15. The number of anilines is 2. The van der Waals surface area contributed by atoms with E-state index in [1.807, 2.05) is 0 Å². The van der Waals surface area contributed by atoms with Crippen LogP contribution in [0, 0.1) is 11.8 Å². The van der Waals surface area contributed by atoms with E-state index in [-0.39, 0.29) is 11.9 Å². The number of hydrogen-bond acceptors (Lipinski definition) is 7. The Hall–Kier alpha value is -1.47. The first kappa shape index (κ1) is 13.0. The van der Waals surface area contributed by atoms with Crippen molar-refractivity contribution in [3.05, 3.63) is 5.82 Å². The SMILES string of the molecule is CC1CCN(Cc2nc(N)nc(N)n2)CC1CN. The first-order valence-corrected chi connectivity index (χ1v) is 6.26. The Morgan fingerprint density at radius 1 is 1.22 bits per heavy atom. The van der Waals surface area contributed by atoms with Gasteiger partial charge in [-0.2, -0.15) is 15.0 Å². The van der Waals surface area contributed by atoms with Crippen molar-refractivity contribution in [1.82, 2.24) is 19.9 Å². The molecule has 7 nitrogen and oxygen atoms in total. The van der Waals surface area contributed by atoms with Crippen molar-refractivity contribution in [2.75, 3.05) is 31.1 Å². The molecule has 1 aromatic heterocycles. The maximum absolute atomic E-state index is 5.79. The van der Waals surface area contributed by atoms with Crippen molar-refractivity contribution in [3.8, 4) is 0 Å². The molecule has 18 heavy (non-hydrogen) atoms. The monoisotopic (exact) mass is 251 g/mol. The largest absolute Gasteiger partial charge is 0.368 e. The van der Waals surface area contributed by atoms with Gasteiger partial charge in [0.25, 0.3) is 0 Å². The van der Waals surface area contributed by atoms with Gasteiger partial charge in [-0.3, -0.25) is 4.90 Å². The van der Waals surface area contributed by atoms with Gasteiger partial charge in [0.2, 0.25) is 11.9 Å². The zero-order valence-electron chi connectivity index (χ0n) is 10.7. The van der Waals surface area contributed by atoms with Crippen LogP contribution >= 0.6 is 0 Å². The summed E-state index contributed by atoms with van der Waals surface area (Å²) in [5.41, 5.74) is 16.9. The standard InChI is InChI=1S/C11H21N7/c1-7-2-3-18(5-8(7)4-12)6-9-15-10(13)17-11(14)16-9/h7-8H,2-6,12H2,1H3,(H4,13,14,15,16,17). The molecule has 0 bridgehead atoms. The van der Waals surface area contributed by atoms with Crippen LogP contribution in [0.25, 0.3) is 0 Å². The van der Waals surface area contributed by atoms with Gasteiger partial charge in [-0.25, -0.2) is 0 Å². The summed E-state index contributed by atoms with van der Waals surface area (Å²) in [6.45, 7) is 5.64. The number of aromatic nitrogens is 3. The molecule has 100 valence electrons. The third-order valence-corrected chi connectivity index (χ3v) is 3.58. The zero-order valence-corrected chi connectivity index (χ0v) is 10.7. The van der Waals surface area contributed by atoms with Crippen molar-refractivity contribution in [2.45, 2.75) is 19.9 Å². The second kappa shape index (κ2) is 5.45. The lowest BCUT2D eigenvalue weighted by molar-refractivity contribution is 0.123. The molecule has 0 spiro atoms. The molecule has 0 aromatic carbocycles. The molecule has 1 aromatic rings. The number of nitrogens with two attached hydrogens (primary N) is 3. The van der Waals surface area contributed by atoms with E-state index in [0.717, 1.165) is 26.1 Å². The lowest BCUT2D eigenvalue weighted by atomic mass is 9.87. The van der Waals surface area contributed by atoms with E-state index < -0.39 is 0 Å². The van der Waals surface area contributed by atoms with Gasteiger partial charge < -0.3 is 17.2 Å². The average molecular weight is 251 g/mol. The van der Waals surface area contributed by atoms with Gasteiger partial charge in [0, 0.05) is 6.54 Å². The third-order valence-electron chi connectivity index (χ3n) is 3.58. The molecule has 2 heterocycles. The minimum absolute atomic E-state index is 0.179. The van der Waals surface area contributed by atoms with Crippen LogP contribution in [-0.4, -0.2) is 39.5 Å². The van der Waals surface area contributed by atoms with Crippen LogP contribution < -0.4 is 17.2 Å². The number of hydrogen-bond donors (Lipinski definition) is 3. The first-order valence-electron chi connectivity index (χ1n) is 6.26. The molecule has 0 aliphatic carbocycles. The van der Waals surface area contributed by atoms with Crippen LogP contribution in [-0.2, 0) is 6.54 Å². The van der Waals surface area contributed by atoms with Gasteiger partial charge in [-0.05, 0) is 31.3 Å². The highest BCUT2D eigenvalue weighted by atomic mass is 15.2. The van der Waals surface area contributed by atoms with Crippen molar-refractivity contribution in [2.24, 2.45) is 17.6 Å². The lowest BCUT2D eigenvalue weighted by Crippen LogP contribution is -2.42. The minimum atomic E-state index is 0.179. The molecule has 0 saturated carbocycles. The molecular formula is C11H21N7. The molecule has 2 rings (SSSR count). The molecular weight excluding hydrogens is 230 g/mol. The first-order chi connectivity index (χ1) is 8.58. The average Bonchev–Trinajstić information content (AvgIpc) is 2.30. The number of piperidine rings is 1. The van der Waals surface area contributed by atoms with E-state index in [9.17, 15) is 0 Å². The smallest absolute Gasteiger partial charge is 0.225 e. The number of rotatable bonds is 3. The van der Waals surface area contributed by atoms with E-state index in [4.69, 9.17) is 17.2 Å². The predicted octanol–water partition coefficient (Wildman–Crippen LogP) is -0.547. The summed E-state index contributed by atoms with van der Waals surface area (Å²) in [5, 5.41) is 0. The molecule has 0 amide bonds. The topological polar surface area (TPSA) is 120 Å². The molecule has 2 atom stereocenters. The van der Waals surface area contributed by atoms with E-state index >= 15 is 0 Å². The molecule has 1 fully saturated rings. The van der Waals surface area contributed by atoms with Crippen LogP contribution in [0.4, 0.5) is 11.9 Å². The summed E-state index contributed by atoms with van der Waals surface area (Å²) in [7, 11) is 0. The van der Waals surface area contributed by atoms with Gasteiger partial charge in [0.05, 0.1) is 6.54 Å². The van der Waals surface area contributed by atoms with E-state index in [0.29, 0.717) is 24.2 Å². The summed E-state index contributed by atoms with van der Waals surface area (Å²) in [4.78, 5) is 14.3. The molecule has 7 heteroatoms. The highest BCUT2D eigenvalue weighted by Gasteiger charge is 2.25. The van der Waals surface area contributed by atoms with Gasteiger partial charge in [-0.1, -0.05) is 6.92 Å². The maximum Gasteiger partial charge on any atom is 0.225 e. The van der Waals surface area contributed by atoms with Crippen LogP contribution in [0.3, 0.4) is 0 Å². The van der Waals surface area contributed by atoms with Crippen LogP contribution in [0.5, 0.6) is 0 Å². The molecule has 0 radical (unpaired) electrons. The van der Waals surface area contributed by atoms with Gasteiger partial charge in [-0.15, -0.1) is 0 Å². The van der Waals surface area contributed by atoms with E-state index in [1.165, 1.54) is 0 Å². The zero-order chi connectivity index (χ0) is 13.1. The Morgan fingerprint density at radius 3 is 2.50 bits per heavy atom. The van der Waals surface area contributed by atoms with Gasteiger partial charge in [0.15, 0.2) is 0 Å². The highest BCUT2D eigenvalue weighted by molar-refractivity contribution is 5.25. The van der Waals surface area contributed by atoms with Crippen LogP contribution in [0.15, 0.2) is 0 Å². The lowest BCUT2D eigenvalue weighted by Gasteiger charge is -2.36. The molecule has 6 N–H and O–H groups in total. The summed E-state index contributed by atoms with van der Waals surface area (Å²) in [6, 6.07) is 0. The van der Waals surface area contributed by atoms with Crippen molar-refractivity contribution >= 4 is 11.9 Å². The Labute approximate surface area is 107 Å². The molecule has 1 aliphatic rings. The van der Waals surface area contributed by atoms with Gasteiger partial charge in [0.1, 0.15) is 5.82 Å². The fraction of sp³-hybridized carbons (Fsp3) is 0.727. The second-order valence-electron chi connectivity index (χ2n) is 4.96. The normalized spacial score (nSPS) is 25.2.